The van der Waals surface area contributed by atoms with E-state index in [1.807, 2.05) is 18.2 Å². The predicted molar refractivity (Wildman–Crippen MR) is 122 cm³/mol. The van der Waals surface area contributed by atoms with Crippen LogP contribution in [0.15, 0.2) is 48.7 Å². The van der Waals surface area contributed by atoms with Crippen molar-refractivity contribution in [3.05, 3.63) is 59.4 Å². The number of carbonyl (C=O) groups is 1. The number of aromatic nitrogens is 2. The summed E-state index contributed by atoms with van der Waals surface area (Å²) < 4.78 is 2.21. The van der Waals surface area contributed by atoms with Crippen molar-refractivity contribution >= 4 is 23.2 Å². The molecule has 3 saturated heterocycles. The Bertz CT molecular complexity index is 1120. The third-order valence-electron chi connectivity index (χ3n) is 7.48. The lowest BCUT2D eigenvalue weighted by Crippen LogP contribution is -2.64. The highest BCUT2D eigenvalue weighted by Gasteiger charge is 2.43. The molecule has 4 aliphatic rings. The summed E-state index contributed by atoms with van der Waals surface area (Å²) in [5, 5.41) is 0.735. The minimum atomic E-state index is 0.295. The van der Waals surface area contributed by atoms with Crippen LogP contribution in [0.4, 0.5) is 0 Å². The molecular weight excluding hydrogens is 408 g/mol. The van der Waals surface area contributed by atoms with Crippen LogP contribution in [0.5, 0.6) is 0 Å². The van der Waals surface area contributed by atoms with E-state index < -0.39 is 0 Å². The predicted octanol–water partition coefficient (Wildman–Crippen LogP) is 4.63. The lowest BCUT2D eigenvalue weighted by atomic mass is 9.82. The lowest BCUT2D eigenvalue weighted by Gasteiger charge is -2.52. The quantitative estimate of drug-likeness (QED) is 0.601. The summed E-state index contributed by atoms with van der Waals surface area (Å²) >= 11 is 6.13. The first-order valence-electron chi connectivity index (χ1n) is 11.4. The van der Waals surface area contributed by atoms with E-state index in [9.17, 15) is 4.79 Å². The highest BCUT2D eigenvalue weighted by atomic mass is 35.5. The molecule has 4 fully saturated rings. The molecule has 7 rings (SSSR count). The van der Waals surface area contributed by atoms with Gasteiger partial charge in [-0.1, -0.05) is 36.2 Å². The van der Waals surface area contributed by atoms with Gasteiger partial charge >= 0.3 is 0 Å². The third kappa shape index (κ3) is 3.35. The first-order chi connectivity index (χ1) is 15.2. The average molecular weight is 435 g/mol. The van der Waals surface area contributed by atoms with E-state index in [0.717, 1.165) is 60.8 Å². The van der Waals surface area contributed by atoms with E-state index in [2.05, 4.69) is 44.7 Å². The van der Waals surface area contributed by atoms with Crippen LogP contribution < -0.4 is 0 Å². The number of piperidine rings is 2. The summed E-state index contributed by atoms with van der Waals surface area (Å²) in [5.41, 5.74) is 4.28. The number of imidazole rings is 1. The highest BCUT2D eigenvalue weighted by molar-refractivity contribution is 6.30. The Kier molecular flexibility index (Phi) is 4.77. The van der Waals surface area contributed by atoms with Crippen molar-refractivity contribution < 1.29 is 4.79 Å². The van der Waals surface area contributed by atoms with Gasteiger partial charge in [0.2, 0.25) is 5.91 Å². The van der Waals surface area contributed by atoms with E-state index in [1.165, 1.54) is 18.5 Å². The van der Waals surface area contributed by atoms with Gasteiger partial charge < -0.3 is 9.30 Å². The largest absolute Gasteiger partial charge is 0.337 e. The maximum atomic E-state index is 12.9. The Hall–Kier alpha value is -2.37. The van der Waals surface area contributed by atoms with Gasteiger partial charge in [0, 0.05) is 54.4 Å². The fraction of sp³-hybridized carbons (Fsp3) is 0.440. The Morgan fingerprint density at radius 1 is 1.00 bits per heavy atom. The molecule has 1 aliphatic carbocycles. The van der Waals surface area contributed by atoms with Crippen molar-refractivity contribution in [1.82, 2.24) is 19.2 Å². The molecule has 5 heterocycles. The molecule has 3 aromatic rings. The number of hydrogen-bond acceptors (Lipinski definition) is 3. The molecule has 2 atom stereocenters. The number of amides is 1. The number of benzene rings is 1. The second-order valence-electron chi connectivity index (χ2n) is 9.28. The number of pyridine rings is 1. The molecule has 0 spiro atoms. The van der Waals surface area contributed by atoms with E-state index in [0.29, 0.717) is 23.9 Å². The molecule has 1 amide bonds. The third-order valence-corrected chi connectivity index (χ3v) is 7.73. The fourth-order valence-corrected chi connectivity index (χ4v) is 5.62. The Labute approximate surface area is 187 Å². The van der Waals surface area contributed by atoms with Crippen molar-refractivity contribution in [1.29, 1.82) is 0 Å². The van der Waals surface area contributed by atoms with Crippen LogP contribution in [0.1, 0.15) is 37.8 Å². The van der Waals surface area contributed by atoms with Gasteiger partial charge in [-0.3, -0.25) is 9.69 Å². The Morgan fingerprint density at radius 2 is 1.81 bits per heavy atom. The number of rotatable bonds is 4. The maximum absolute atomic E-state index is 12.9. The molecule has 5 nitrogen and oxygen atoms in total. The Balaban J connectivity index is 1.30. The van der Waals surface area contributed by atoms with Crippen LogP contribution in [-0.4, -0.2) is 50.3 Å². The van der Waals surface area contributed by atoms with Gasteiger partial charge in [-0.2, -0.15) is 0 Å². The summed E-state index contributed by atoms with van der Waals surface area (Å²) in [6, 6.07) is 14.9. The number of carbonyl (C=O) groups excluding carboxylic acids is 1. The van der Waals surface area contributed by atoms with Gasteiger partial charge in [0.1, 0.15) is 5.65 Å². The van der Waals surface area contributed by atoms with Gasteiger partial charge in [-0.25, -0.2) is 4.98 Å². The minimum Gasteiger partial charge on any atom is -0.337 e. The van der Waals surface area contributed by atoms with Crippen molar-refractivity contribution in [3.63, 3.8) is 0 Å². The number of piperazine rings is 1. The van der Waals surface area contributed by atoms with E-state index in [-0.39, 0.29) is 0 Å². The molecule has 3 aliphatic heterocycles. The summed E-state index contributed by atoms with van der Waals surface area (Å²) in [7, 11) is 0. The normalized spacial score (nSPS) is 24.0. The zero-order chi connectivity index (χ0) is 20.9. The van der Waals surface area contributed by atoms with Gasteiger partial charge in [-0.05, 0) is 49.9 Å². The number of nitrogens with zero attached hydrogens (tertiary/aromatic N) is 4. The summed E-state index contributed by atoms with van der Waals surface area (Å²) in [4.78, 5) is 22.7. The minimum absolute atomic E-state index is 0.295. The van der Waals surface area contributed by atoms with Gasteiger partial charge in [0.05, 0.1) is 11.4 Å². The second kappa shape index (κ2) is 7.64. The molecule has 0 N–H and O–H groups in total. The Morgan fingerprint density at radius 3 is 2.52 bits per heavy atom. The molecular formula is C25H27ClN4O. The van der Waals surface area contributed by atoms with Crippen LogP contribution in [0.3, 0.4) is 0 Å². The van der Waals surface area contributed by atoms with Crippen LogP contribution in [0.25, 0.3) is 16.9 Å². The monoisotopic (exact) mass is 434 g/mol. The van der Waals surface area contributed by atoms with E-state index >= 15 is 0 Å². The molecule has 6 heteroatoms. The SMILES string of the molecule is O=C(C1CCC1)N1CC2CCC1CN2Cc1c(-c2ccc(Cl)cc2)nc2ccccn12. The van der Waals surface area contributed by atoms with Crippen LogP contribution in [0, 0.1) is 5.92 Å². The number of halogens is 1. The average Bonchev–Trinajstić information content (AvgIpc) is 3.12. The summed E-state index contributed by atoms with van der Waals surface area (Å²) in [5.74, 6) is 0.709. The number of hydrogen-bond donors (Lipinski definition) is 0. The summed E-state index contributed by atoms with van der Waals surface area (Å²) in [6.45, 7) is 2.69. The highest BCUT2D eigenvalue weighted by Crippen LogP contribution is 2.36. The van der Waals surface area contributed by atoms with Gasteiger partial charge in [-0.15, -0.1) is 0 Å². The first kappa shape index (κ1) is 19.3. The molecule has 1 aromatic carbocycles. The molecule has 0 radical (unpaired) electrons. The van der Waals surface area contributed by atoms with E-state index in [1.54, 1.807) is 0 Å². The molecule has 2 aromatic heterocycles. The van der Waals surface area contributed by atoms with Crippen LogP contribution in [-0.2, 0) is 11.3 Å². The van der Waals surface area contributed by atoms with Crippen molar-refractivity contribution in [2.24, 2.45) is 5.92 Å². The summed E-state index contributed by atoms with van der Waals surface area (Å²) in [6.07, 6.45) is 7.80. The zero-order valence-corrected chi connectivity index (χ0v) is 18.3. The van der Waals surface area contributed by atoms with Gasteiger partial charge in [0.25, 0.3) is 0 Å². The first-order valence-corrected chi connectivity index (χ1v) is 11.8. The maximum Gasteiger partial charge on any atom is 0.226 e. The fourth-order valence-electron chi connectivity index (χ4n) is 5.50. The van der Waals surface area contributed by atoms with Crippen molar-refractivity contribution in [3.8, 4) is 11.3 Å². The zero-order valence-electron chi connectivity index (χ0n) is 17.6. The smallest absolute Gasteiger partial charge is 0.226 e. The molecule has 160 valence electrons. The standard InChI is InChI=1S/C25H27ClN4O/c26-19-9-7-17(8-10-19)24-22(29-13-2-1-6-23(29)27-24)16-28-14-21-12-11-20(28)15-30(21)25(31)18-4-3-5-18/h1-2,6-10,13,18,20-21H,3-5,11-12,14-16H2. The molecule has 31 heavy (non-hydrogen) atoms. The van der Waals surface area contributed by atoms with E-state index in [4.69, 9.17) is 16.6 Å². The molecule has 2 bridgehead atoms. The topological polar surface area (TPSA) is 40.9 Å². The lowest BCUT2D eigenvalue weighted by molar-refractivity contribution is -0.149. The molecule has 2 unspecified atom stereocenters. The van der Waals surface area contributed by atoms with Crippen LogP contribution in [0.2, 0.25) is 5.02 Å². The molecule has 1 saturated carbocycles. The van der Waals surface area contributed by atoms with Gasteiger partial charge in [0.15, 0.2) is 0 Å². The van der Waals surface area contributed by atoms with Crippen molar-refractivity contribution in [2.75, 3.05) is 13.1 Å². The van der Waals surface area contributed by atoms with Crippen LogP contribution >= 0.6 is 11.6 Å². The second-order valence-corrected chi connectivity index (χ2v) is 9.71. The number of fused-ring (bicyclic) bond motifs is 4. The van der Waals surface area contributed by atoms with Crippen molar-refractivity contribution in [2.45, 2.75) is 50.7 Å².